The molecule has 1 aromatic heterocycles. The third-order valence-corrected chi connectivity index (χ3v) is 1.67. The second-order valence-electron chi connectivity index (χ2n) is 2.54. The largest absolute Gasteiger partial charge is 0.286 e. The van der Waals surface area contributed by atoms with Crippen molar-refractivity contribution in [2.24, 2.45) is 0 Å². The first-order valence-electron chi connectivity index (χ1n) is 3.44. The Morgan fingerprint density at radius 1 is 1.50 bits per heavy atom. The molecule has 0 aliphatic heterocycles. The molecule has 1 aromatic rings. The monoisotopic (exact) mass is 191 g/mol. The van der Waals surface area contributed by atoms with E-state index in [-0.39, 0.29) is 11.6 Å². The van der Waals surface area contributed by atoms with Gasteiger partial charge in [-0.2, -0.15) is 8.78 Å². The van der Waals surface area contributed by atoms with Crippen LogP contribution in [-0.2, 0) is 11.8 Å². The summed E-state index contributed by atoms with van der Waals surface area (Å²) >= 11 is 5.44. The minimum atomic E-state index is -2.89. The van der Waals surface area contributed by atoms with Crippen LogP contribution in [0.15, 0.2) is 18.2 Å². The Morgan fingerprint density at radius 3 is 2.67 bits per heavy atom. The predicted molar refractivity (Wildman–Crippen MR) is 43.4 cm³/mol. The smallest absolute Gasteiger partial charge is 0.250 e. The van der Waals surface area contributed by atoms with Crippen LogP contribution in [0.25, 0.3) is 0 Å². The van der Waals surface area contributed by atoms with E-state index in [0.717, 1.165) is 6.92 Å². The topological polar surface area (TPSA) is 12.9 Å². The summed E-state index contributed by atoms with van der Waals surface area (Å²) in [6.07, 6.45) is 0. The Kier molecular flexibility index (Phi) is 2.62. The lowest BCUT2D eigenvalue weighted by Gasteiger charge is -2.09. The van der Waals surface area contributed by atoms with Gasteiger partial charge in [0.05, 0.1) is 11.6 Å². The highest BCUT2D eigenvalue weighted by Crippen LogP contribution is 2.24. The van der Waals surface area contributed by atoms with Gasteiger partial charge < -0.3 is 0 Å². The van der Waals surface area contributed by atoms with Crippen LogP contribution in [-0.4, -0.2) is 4.98 Å². The predicted octanol–water partition coefficient (Wildman–Crippen LogP) is 2.93. The number of nitrogens with zero attached hydrogens (tertiary/aromatic N) is 1. The van der Waals surface area contributed by atoms with E-state index >= 15 is 0 Å². The van der Waals surface area contributed by atoms with Gasteiger partial charge in [0.2, 0.25) is 0 Å². The molecule has 0 aromatic carbocycles. The van der Waals surface area contributed by atoms with E-state index in [1.165, 1.54) is 12.1 Å². The van der Waals surface area contributed by atoms with Crippen molar-refractivity contribution in [1.82, 2.24) is 4.98 Å². The molecule has 1 nitrogen and oxygen atoms in total. The molecule has 0 aliphatic carbocycles. The Bertz CT molecular complexity index is 270. The second-order valence-corrected chi connectivity index (χ2v) is 2.80. The number of hydrogen-bond acceptors (Lipinski definition) is 1. The van der Waals surface area contributed by atoms with Crippen molar-refractivity contribution in [3.05, 3.63) is 29.6 Å². The maximum absolute atomic E-state index is 12.7. The highest BCUT2D eigenvalue weighted by Gasteiger charge is 2.25. The van der Waals surface area contributed by atoms with Crippen LogP contribution in [0.4, 0.5) is 8.78 Å². The summed E-state index contributed by atoms with van der Waals surface area (Å²) in [7, 11) is 0. The van der Waals surface area contributed by atoms with Gasteiger partial charge in [0.15, 0.2) is 0 Å². The molecule has 4 heteroatoms. The molecule has 0 radical (unpaired) electrons. The molecule has 0 aliphatic rings. The van der Waals surface area contributed by atoms with E-state index in [9.17, 15) is 8.78 Å². The van der Waals surface area contributed by atoms with Gasteiger partial charge >= 0.3 is 0 Å². The zero-order chi connectivity index (χ0) is 9.19. The first-order valence-corrected chi connectivity index (χ1v) is 3.97. The van der Waals surface area contributed by atoms with Gasteiger partial charge in [-0.3, -0.25) is 4.98 Å². The average molecular weight is 192 g/mol. The number of pyridine rings is 1. The first kappa shape index (κ1) is 9.39. The van der Waals surface area contributed by atoms with Gasteiger partial charge in [0.1, 0.15) is 5.69 Å². The van der Waals surface area contributed by atoms with E-state index in [2.05, 4.69) is 4.98 Å². The molecule has 0 amide bonds. The molecule has 12 heavy (non-hydrogen) atoms. The molecule has 66 valence electrons. The van der Waals surface area contributed by atoms with E-state index in [1.807, 2.05) is 0 Å². The molecule has 0 N–H and O–H groups in total. The zero-order valence-corrected chi connectivity index (χ0v) is 7.28. The van der Waals surface area contributed by atoms with Gasteiger partial charge in [-0.1, -0.05) is 6.07 Å². The summed E-state index contributed by atoms with van der Waals surface area (Å²) in [6.45, 7) is 0.813. The van der Waals surface area contributed by atoms with Gasteiger partial charge in [0, 0.05) is 6.92 Å². The standard InChI is InChI=1S/C8H8ClF2N/c1-8(10,11)7-4-2-3-6(5-9)12-7/h2-4H,5H2,1H3. The van der Waals surface area contributed by atoms with Crippen LogP contribution < -0.4 is 0 Å². The van der Waals surface area contributed by atoms with E-state index in [1.54, 1.807) is 6.07 Å². The Hall–Kier alpha value is -0.700. The average Bonchev–Trinajstić information content (AvgIpc) is 2.03. The Labute approximate surface area is 74.4 Å². The van der Waals surface area contributed by atoms with Crippen LogP contribution >= 0.6 is 11.6 Å². The maximum Gasteiger partial charge on any atom is 0.286 e. The Morgan fingerprint density at radius 2 is 2.17 bits per heavy atom. The van der Waals surface area contributed by atoms with Crippen molar-refractivity contribution >= 4 is 11.6 Å². The quantitative estimate of drug-likeness (QED) is 0.655. The fourth-order valence-corrected chi connectivity index (χ4v) is 0.947. The van der Waals surface area contributed by atoms with Gasteiger partial charge in [0.25, 0.3) is 5.92 Å². The maximum atomic E-state index is 12.7. The van der Waals surface area contributed by atoms with E-state index < -0.39 is 5.92 Å². The lowest BCUT2D eigenvalue weighted by atomic mass is 10.2. The number of halogens is 3. The van der Waals surface area contributed by atoms with Gasteiger partial charge in [-0.05, 0) is 12.1 Å². The second kappa shape index (κ2) is 3.35. The highest BCUT2D eigenvalue weighted by molar-refractivity contribution is 6.16. The molecule has 0 saturated heterocycles. The van der Waals surface area contributed by atoms with Crippen molar-refractivity contribution in [1.29, 1.82) is 0 Å². The molecular weight excluding hydrogens is 184 g/mol. The lowest BCUT2D eigenvalue weighted by molar-refractivity contribution is 0.0126. The van der Waals surface area contributed by atoms with Crippen LogP contribution in [0.5, 0.6) is 0 Å². The van der Waals surface area contributed by atoms with Crippen molar-refractivity contribution in [3.8, 4) is 0 Å². The minimum absolute atomic E-state index is 0.157. The molecule has 1 rings (SSSR count). The summed E-state index contributed by atoms with van der Waals surface area (Å²) in [6, 6.07) is 4.43. The molecule has 0 bridgehead atoms. The molecule has 0 spiro atoms. The summed E-state index contributed by atoms with van der Waals surface area (Å²) < 4.78 is 25.3. The van der Waals surface area contributed by atoms with Gasteiger partial charge in [-0.15, -0.1) is 11.6 Å². The van der Waals surface area contributed by atoms with Crippen LogP contribution in [0.2, 0.25) is 0 Å². The minimum Gasteiger partial charge on any atom is -0.250 e. The van der Waals surface area contributed by atoms with E-state index in [0.29, 0.717) is 5.69 Å². The van der Waals surface area contributed by atoms with Crippen molar-refractivity contribution in [2.75, 3.05) is 0 Å². The van der Waals surface area contributed by atoms with Crippen LogP contribution in [0, 0.1) is 0 Å². The third kappa shape index (κ3) is 2.14. The molecule has 0 fully saturated rings. The third-order valence-electron chi connectivity index (χ3n) is 1.39. The molecule has 0 saturated carbocycles. The Balaban J connectivity index is 3.02. The first-order chi connectivity index (χ1) is 5.54. The molecule has 1 heterocycles. The van der Waals surface area contributed by atoms with Crippen molar-refractivity contribution in [3.63, 3.8) is 0 Å². The zero-order valence-electron chi connectivity index (χ0n) is 6.52. The summed E-state index contributed by atoms with van der Waals surface area (Å²) in [5, 5.41) is 0. The molecule has 0 atom stereocenters. The summed E-state index contributed by atoms with van der Waals surface area (Å²) in [5.74, 6) is -2.73. The number of aromatic nitrogens is 1. The normalized spacial score (nSPS) is 11.7. The lowest BCUT2D eigenvalue weighted by Crippen LogP contribution is -2.10. The fraction of sp³-hybridized carbons (Fsp3) is 0.375. The highest BCUT2D eigenvalue weighted by atomic mass is 35.5. The van der Waals surface area contributed by atoms with Crippen molar-refractivity contribution < 1.29 is 8.78 Å². The van der Waals surface area contributed by atoms with Crippen LogP contribution in [0.1, 0.15) is 18.3 Å². The number of alkyl halides is 3. The molecule has 0 unspecified atom stereocenters. The van der Waals surface area contributed by atoms with E-state index in [4.69, 9.17) is 11.6 Å². The number of rotatable bonds is 2. The van der Waals surface area contributed by atoms with Crippen molar-refractivity contribution in [2.45, 2.75) is 18.7 Å². The summed E-state index contributed by atoms with van der Waals surface area (Å²) in [5.41, 5.74) is 0.233. The SMILES string of the molecule is CC(F)(F)c1cccc(CCl)n1. The number of hydrogen-bond donors (Lipinski definition) is 0. The van der Waals surface area contributed by atoms with Crippen LogP contribution in [0.3, 0.4) is 0 Å². The molecular formula is C8H8ClF2N. The van der Waals surface area contributed by atoms with Gasteiger partial charge in [-0.25, -0.2) is 0 Å². The fourth-order valence-electron chi connectivity index (χ4n) is 0.798. The summed E-state index contributed by atoms with van der Waals surface area (Å²) in [4.78, 5) is 3.68.